The maximum Gasteiger partial charge on any atom is 0.303 e. The monoisotopic (exact) mass is 292 g/mol. The van der Waals surface area contributed by atoms with E-state index in [1.54, 1.807) is 0 Å². The molecule has 0 aliphatic rings. The van der Waals surface area contributed by atoms with Crippen LogP contribution in [0.15, 0.2) is 36.5 Å². The predicted octanol–water partition coefficient (Wildman–Crippen LogP) is 6.05. The number of carboxylic acid groups (broad SMARTS) is 1. The van der Waals surface area contributed by atoms with Crippen LogP contribution in [0.4, 0.5) is 0 Å². The van der Waals surface area contributed by atoms with E-state index in [9.17, 15) is 4.79 Å². The molecule has 0 saturated carbocycles. The molecule has 0 unspecified atom stereocenters. The van der Waals surface area contributed by atoms with Crippen molar-refractivity contribution in [1.29, 1.82) is 0 Å². The van der Waals surface area contributed by atoms with Crippen LogP contribution < -0.4 is 0 Å². The van der Waals surface area contributed by atoms with Gasteiger partial charge in [0.05, 0.1) is 0 Å². The van der Waals surface area contributed by atoms with E-state index in [1.165, 1.54) is 25.7 Å². The number of carboxylic acids is 1. The summed E-state index contributed by atoms with van der Waals surface area (Å²) in [4.78, 5) is 10.3. The smallest absolute Gasteiger partial charge is 0.303 e. The van der Waals surface area contributed by atoms with E-state index >= 15 is 0 Å². The number of hydrogen-bond donors (Lipinski definition) is 1. The maximum absolute atomic E-state index is 10.3. The van der Waals surface area contributed by atoms with Crippen LogP contribution in [0.25, 0.3) is 0 Å². The lowest BCUT2D eigenvalue weighted by atomic mass is 10.1. The number of rotatable bonds is 14. The highest BCUT2D eigenvalue weighted by molar-refractivity contribution is 5.66. The van der Waals surface area contributed by atoms with Crippen LogP contribution in [0, 0.1) is 0 Å². The van der Waals surface area contributed by atoms with E-state index in [2.05, 4.69) is 43.4 Å². The van der Waals surface area contributed by atoms with Gasteiger partial charge in [0.25, 0.3) is 0 Å². The highest BCUT2D eigenvalue weighted by atomic mass is 16.4. The van der Waals surface area contributed by atoms with Crippen molar-refractivity contribution < 1.29 is 9.90 Å². The second kappa shape index (κ2) is 16.7. The third-order valence-corrected chi connectivity index (χ3v) is 3.27. The second-order valence-electron chi connectivity index (χ2n) is 5.39. The Labute approximate surface area is 130 Å². The average molecular weight is 292 g/mol. The lowest BCUT2D eigenvalue weighted by Gasteiger charge is -1.97. The lowest BCUT2D eigenvalue weighted by Crippen LogP contribution is -1.93. The van der Waals surface area contributed by atoms with Gasteiger partial charge in [-0.3, -0.25) is 4.79 Å². The van der Waals surface area contributed by atoms with Gasteiger partial charge in [-0.2, -0.15) is 0 Å². The minimum atomic E-state index is -0.675. The molecule has 2 heteroatoms. The van der Waals surface area contributed by atoms with Gasteiger partial charge in [-0.05, 0) is 38.5 Å². The standard InChI is InChI=1S/C19H32O2/c1-2-3-4-5-6-7-8-9-10-11-12-13-14-15-16-17-18-19(20)21/h4-5,8-11H,2-3,6-7,12-18H2,1H3,(H,20,21)/b5-4-,9-8+,11-10-. The molecular weight excluding hydrogens is 260 g/mol. The summed E-state index contributed by atoms with van der Waals surface area (Å²) < 4.78 is 0. The molecule has 0 aromatic carbocycles. The van der Waals surface area contributed by atoms with Gasteiger partial charge >= 0.3 is 5.97 Å². The van der Waals surface area contributed by atoms with Crippen LogP contribution in [-0.4, -0.2) is 11.1 Å². The molecule has 0 bridgehead atoms. The molecule has 0 amide bonds. The van der Waals surface area contributed by atoms with Crippen molar-refractivity contribution in [1.82, 2.24) is 0 Å². The minimum Gasteiger partial charge on any atom is -0.481 e. The summed E-state index contributed by atoms with van der Waals surface area (Å²) in [5, 5.41) is 8.51. The summed E-state index contributed by atoms with van der Waals surface area (Å²) >= 11 is 0. The Bertz CT molecular complexity index is 314. The van der Waals surface area contributed by atoms with E-state index in [-0.39, 0.29) is 0 Å². The molecule has 0 aliphatic carbocycles. The summed E-state index contributed by atoms with van der Waals surface area (Å²) in [6.45, 7) is 2.20. The molecule has 120 valence electrons. The first-order valence-corrected chi connectivity index (χ1v) is 8.45. The Kier molecular flexibility index (Phi) is 15.7. The van der Waals surface area contributed by atoms with Crippen molar-refractivity contribution in [2.75, 3.05) is 0 Å². The van der Waals surface area contributed by atoms with Crippen molar-refractivity contribution in [3.63, 3.8) is 0 Å². The molecule has 0 heterocycles. The average Bonchev–Trinajstić information content (AvgIpc) is 2.46. The van der Waals surface area contributed by atoms with Gasteiger partial charge in [0.2, 0.25) is 0 Å². The van der Waals surface area contributed by atoms with Gasteiger partial charge in [-0.1, -0.05) is 69.1 Å². The summed E-state index contributed by atoms with van der Waals surface area (Å²) in [6, 6.07) is 0. The molecule has 1 N–H and O–H groups in total. The van der Waals surface area contributed by atoms with Gasteiger partial charge in [0.15, 0.2) is 0 Å². The first-order chi connectivity index (χ1) is 10.3. The lowest BCUT2D eigenvalue weighted by molar-refractivity contribution is -0.137. The zero-order valence-electron chi connectivity index (χ0n) is 13.6. The van der Waals surface area contributed by atoms with E-state index in [1.807, 2.05) is 0 Å². The van der Waals surface area contributed by atoms with E-state index in [0.717, 1.165) is 38.5 Å². The Hall–Kier alpha value is -1.31. The summed E-state index contributed by atoms with van der Waals surface area (Å²) in [5.74, 6) is -0.675. The summed E-state index contributed by atoms with van der Waals surface area (Å²) in [6.07, 6.45) is 24.8. The fourth-order valence-corrected chi connectivity index (χ4v) is 2.01. The molecular formula is C19H32O2. The van der Waals surface area contributed by atoms with Crippen LogP contribution in [0.5, 0.6) is 0 Å². The SMILES string of the molecule is CCC/C=C\CC/C=C/C=C\CCCCCCCC(=O)O. The van der Waals surface area contributed by atoms with E-state index in [4.69, 9.17) is 5.11 Å². The zero-order valence-corrected chi connectivity index (χ0v) is 13.6. The number of hydrogen-bond acceptors (Lipinski definition) is 1. The Morgan fingerprint density at radius 2 is 1.33 bits per heavy atom. The highest BCUT2D eigenvalue weighted by Crippen LogP contribution is 2.07. The quantitative estimate of drug-likeness (QED) is 0.240. The van der Waals surface area contributed by atoms with Crippen LogP contribution in [-0.2, 0) is 4.79 Å². The van der Waals surface area contributed by atoms with Crippen molar-refractivity contribution >= 4 is 5.97 Å². The zero-order chi connectivity index (χ0) is 15.6. The molecule has 0 radical (unpaired) electrons. The van der Waals surface area contributed by atoms with Crippen LogP contribution >= 0.6 is 0 Å². The largest absolute Gasteiger partial charge is 0.481 e. The molecule has 0 rings (SSSR count). The fourth-order valence-electron chi connectivity index (χ4n) is 2.01. The molecule has 0 spiro atoms. The van der Waals surface area contributed by atoms with Crippen LogP contribution in [0.1, 0.15) is 77.6 Å². The number of carbonyl (C=O) groups is 1. The third kappa shape index (κ3) is 18.7. The molecule has 0 fully saturated rings. The molecule has 0 atom stereocenters. The van der Waals surface area contributed by atoms with E-state index in [0.29, 0.717) is 6.42 Å². The van der Waals surface area contributed by atoms with Crippen molar-refractivity contribution in [2.24, 2.45) is 0 Å². The van der Waals surface area contributed by atoms with Gasteiger partial charge in [0, 0.05) is 6.42 Å². The first-order valence-electron chi connectivity index (χ1n) is 8.45. The molecule has 0 aromatic rings. The maximum atomic E-state index is 10.3. The van der Waals surface area contributed by atoms with E-state index < -0.39 is 5.97 Å². The van der Waals surface area contributed by atoms with Crippen molar-refractivity contribution in [3.05, 3.63) is 36.5 Å². The molecule has 0 aromatic heterocycles. The second-order valence-corrected chi connectivity index (χ2v) is 5.39. The topological polar surface area (TPSA) is 37.3 Å². The molecule has 0 aliphatic heterocycles. The summed E-state index contributed by atoms with van der Waals surface area (Å²) in [5.41, 5.74) is 0. The predicted molar refractivity (Wildman–Crippen MR) is 91.5 cm³/mol. The molecule has 2 nitrogen and oxygen atoms in total. The highest BCUT2D eigenvalue weighted by Gasteiger charge is 1.95. The summed E-state index contributed by atoms with van der Waals surface area (Å²) in [7, 11) is 0. The van der Waals surface area contributed by atoms with Crippen molar-refractivity contribution in [2.45, 2.75) is 77.6 Å². The number of allylic oxidation sites excluding steroid dienone is 6. The normalized spacial score (nSPS) is 12.0. The van der Waals surface area contributed by atoms with Crippen LogP contribution in [0.3, 0.4) is 0 Å². The minimum absolute atomic E-state index is 0.318. The third-order valence-electron chi connectivity index (χ3n) is 3.27. The van der Waals surface area contributed by atoms with Gasteiger partial charge in [0.1, 0.15) is 0 Å². The van der Waals surface area contributed by atoms with Gasteiger partial charge in [-0.25, -0.2) is 0 Å². The molecule has 0 saturated heterocycles. The Morgan fingerprint density at radius 3 is 2.05 bits per heavy atom. The molecule has 21 heavy (non-hydrogen) atoms. The van der Waals surface area contributed by atoms with Crippen LogP contribution in [0.2, 0.25) is 0 Å². The Balaban J connectivity index is 3.26. The number of unbranched alkanes of at least 4 members (excludes halogenated alkanes) is 7. The number of aliphatic carboxylic acids is 1. The van der Waals surface area contributed by atoms with Gasteiger partial charge in [-0.15, -0.1) is 0 Å². The van der Waals surface area contributed by atoms with Crippen molar-refractivity contribution in [3.8, 4) is 0 Å². The first kappa shape index (κ1) is 19.7. The van der Waals surface area contributed by atoms with Gasteiger partial charge < -0.3 is 5.11 Å². The fraction of sp³-hybridized carbons (Fsp3) is 0.632. The Morgan fingerprint density at radius 1 is 0.762 bits per heavy atom.